The fourth-order valence-electron chi connectivity index (χ4n) is 2.96. The van der Waals surface area contributed by atoms with Crippen molar-refractivity contribution in [3.63, 3.8) is 0 Å². The molecular formula is C13H16N2O. The van der Waals surface area contributed by atoms with Crippen LogP contribution in [0.2, 0.25) is 0 Å². The molecule has 3 rings (SSSR count). The van der Waals surface area contributed by atoms with E-state index < -0.39 is 0 Å². The van der Waals surface area contributed by atoms with Gasteiger partial charge in [0.25, 0.3) is 0 Å². The number of rotatable bonds is 1. The van der Waals surface area contributed by atoms with Crippen molar-refractivity contribution in [1.82, 2.24) is 5.32 Å². The van der Waals surface area contributed by atoms with Crippen LogP contribution in [0.25, 0.3) is 0 Å². The molecule has 1 aliphatic heterocycles. The van der Waals surface area contributed by atoms with Crippen molar-refractivity contribution in [2.45, 2.75) is 19.3 Å². The van der Waals surface area contributed by atoms with Gasteiger partial charge in [0.2, 0.25) is 5.91 Å². The molecule has 3 heteroatoms. The number of hydrogen-bond donors (Lipinski definition) is 2. The zero-order valence-corrected chi connectivity index (χ0v) is 9.47. The Kier molecular flexibility index (Phi) is 1.96. The first-order chi connectivity index (χ1) is 7.73. The predicted molar refractivity (Wildman–Crippen MR) is 63.5 cm³/mol. The van der Waals surface area contributed by atoms with Gasteiger partial charge in [0.1, 0.15) is 0 Å². The number of carbonyl (C=O) groups excluding carboxylic acids is 1. The Balaban J connectivity index is 1.97. The molecule has 1 heterocycles. The predicted octanol–water partition coefficient (Wildman–Crippen LogP) is 1.33. The number of anilines is 1. The van der Waals surface area contributed by atoms with Crippen molar-refractivity contribution in [3.8, 4) is 0 Å². The highest BCUT2D eigenvalue weighted by Gasteiger charge is 2.46. The monoisotopic (exact) mass is 216 g/mol. The zero-order valence-electron chi connectivity index (χ0n) is 9.47. The lowest BCUT2D eigenvalue weighted by Crippen LogP contribution is -2.31. The van der Waals surface area contributed by atoms with Crippen LogP contribution in [0.1, 0.15) is 17.5 Å². The maximum absolute atomic E-state index is 11.9. The van der Waals surface area contributed by atoms with E-state index in [1.54, 1.807) is 0 Å². The molecular weight excluding hydrogens is 200 g/mol. The molecule has 1 aliphatic carbocycles. The van der Waals surface area contributed by atoms with Gasteiger partial charge in [-0.25, -0.2) is 0 Å². The third-order valence-electron chi connectivity index (χ3n) is 3.92. The van der Waals surface area contributed by atoms with Crippen LogP contribution < -0.4 is 10.6 Å². The van der Waals surface area contributed by atoms with Gasteiger partial charge >= 0.3 is 0 Å². The molecule has 1 aromatic rings. The third kappa shape index (κ3) is 1.24. The van der Waals surface area contributed by atoms with Gasteiger partial charge < -0.3 is 10.6 Å². The molecule has 3 nitrogen and oxygen atoms in total. The maximum Gasteiger partial charge on any atom is 0.226 e. The number of nitrogens with one attached hydrogen (secondary N) is 2. The van der Waals surface area contributed by atoms with E-state index in [1.807, 2.05) is 7.05 Å². The molecule has 0 bridgehead atoms. The molecule has 1 aromatic carbocycles. The van der Waals surface area contributed by atoms with Crippen LogP contribution in [0.3, 0.4) is 0 Å². The van der Waals surface area contributed by atoms with Crippen molar-refractivity contribution >= 4 is 11.6 Å². The van der Waals surface area contributed by atoms with Gasteiger partial charge in [-0.2, -0.15) is 0 Å². The molecule has 1 atom stereocenters. The summed E-state index contributed by atoms with van der Waals surface area (Å²) in [4.78, 5) is 11.9. The van der Waals surface area contributed by atoms with Gasteiger partial charge in [-0.15, -0.1) is 0 Å². The van der Waals surface area contributed by atoms with E-state index in [1.165, 1.54) is 11.1 Å². The van der Waals surface area contributed by atoms with Crippen molar-refractivity contribution in [3.05, 3.63) is 29.3 Å². The maximum atomic E-state index is 11.9. The number of hydrogen-bond acceptors (Lipinski definition) is 2. The Morgan fingerprint density at radius 2 is 2.12 bits per heavy atom. The number of amides is 1. The van der Waals surface area contributed by atoms with E-state index in [0.29, 0.717) is 0 Å². The smallest absolute Gasteiger partial charge is 0.226 e. The molecule has 0 saturated carbocycles. The molecule has 2 N–H and O–H groups in total. The average molecular weight is 216 g/mol. The van der Waals surface area contributed by atoms with E-state index in [2.05, 4.69) is 28.8 Å². The summed E-state index contributed by atoms with van der Waals surface area (Å²) < 4.78 is 0. The summed E-state index contributed by atoms with van der Waals surface area (Å²) in [6.45, 7) is 0.839. The highest BCUT2D eigenvalue weighted by molar-refractivity contribution is 5.86. The summed E-state index contributed by atoms with van der Waals surface area (Å²) in [5, 5.41) is 6.11. The van der Waals surface area contributed by atoms with Gasteiger partial charge in [0.15, 0.2) is 0 Å². The second kappa shape index (κ2) is 3.24. The van der Waals surface area contributed by atoms with Crippen LogP contribution in [-0.2, 0) is 17.6 Å². The third-order valence-corrected chi connectivity index (χ3v) is 3.92. The number of carbonyl (C=O) groups is 1. The summed E-state index contributed by atoms with van der Waals surface area (Å²) in [6, 6.07) is 6.42. The zero-order chi connectivity index (χ0) is 11.2. The standard InChI is InChI=1S/C13H16N2O/c1-14-11-3-2-9-7-13(8-10(9)6-11)4-5-15-12(13)16/h2-3,6,14H,4-5,7-8H2,1H3,(H,15,16). The molecule has 1 saturated heterocycles. The van der Waals surface area contributed by atoms with Crippen LogP contribution in [-0.4, -0.2) is 19.5 Å². The van der Waals surface area contributed by atoms with Crippen LogP contribution in [0.4, 0.5) is 5.69 Å². The van der Waals surface area contributed by atoms with Gasteiger partial charge in [-0.05, 0) is 42.5 Å². The van der Waals surface area contributed by atoms with Gasteiger partial charge in [-0.1, -0.05) is 6.07 Å². The van der Waals surface area contributed by atoms with Crippen molar-refractivity contribution in [2.75, 3.05) is 18.9 Å². The van der Waals surface area contributed by atoms with E-state index >= 15 is 0 Å². The fraction of sp³-hybridized carbons (Fsp3) is 0.462. The highest BCUT2D eigenvalue weighted by atomic mass is 16.2. The van der Waals surface area contributed by atoms with Crippen LogP contribution >= 0.6 is 0 Å². The Labute approximate surface area is 95.2 Å². The first-order valence-corrected chi connectivity index (χ1v) is 5.81. The summed E-state index contributed by atoms with van der Waals surface area (Å²) in [5.41, 5.74) is 3.68. The number of benzene rings is 1. The topological polar surface area (TPSA) is 41.1 Å². The van der Waals surface area contributed by atoms with Crippen LogP contribution in [0.15, 0.2) is 18.2 Å². The quantitative estimate of drug-likeness (QED) is 0.743. The Morgan fingerprint density at radius 3 is 2.81 bits per heavy atom. The summed E-state index contributed by atoms with van der Waals surface area (Å²) in [7, 11) is 1.93. The molecule has 16 heavy (non-hydrogen) atoms. The van der Waals surface area contributed by atoms with E-state index in [0.717, 1.165) is 31.5 Å². The first kappa shape index (κ1) is 9.70. The van der Waals surface area contributed by atoms with Crippen LogP contribution in [0, 0.1) is 5.41 Å². The molecule has 1 fully saturated rings. The Hall–Kier alpha value is -1.51. The minimum absolute atomic E-state index is 0.130. The van der Waals surface area contributed by atoms with E-state index in [9.17, 15) is 4.79 Å². The second-order valence-electron chi connectivity index (χ2n) is 4.87. The SMILES string of the molecule is CNc1ccc2c(c1)CC1(CCNC1=O)C2. The molecule has 1 unspecified atom stereocenters. The van der Waals surface area contributed by atoms with Crippen molar-refractivity contribution < 1.29 is 4.79 Å². The molecule has 1 spiro atoms. The lowest BCUT2D eigenvalue weighted by Gasteiger charge is -2.17. The molecule has 0 radical (unpaired) electrons. The van der Waals surface area contributed by atoms with Crippen molar-refractivity contribution in [2.24, 2.45) is 5.41 Å². The minimum Gasteiger partial charge on any atom is -0.388 e. The minimum atomic E-state index is -0.130. The molecule has 0 aromatic heterocycles. The highest BCUT2D eigenvalue weighted by Crippen LogP contribution is 2.42. The second-order valence-corrected chi connectivity index (χ2v) is 4.87. The number of fused-ring (bicyclic) bond motifs is 1. The summed E-state index contributed by atoms with van der Waals surface area (Å²) in [5.74, 6) is 0.245. The average Bonchev–Trinajstić information content (AvgIpc) is 2.82. The molecule has 1 amide bonds. The molecule has 2 aliphatic rings. The van der Waals surface area contributed by atoms with E-state index in [4.69, 9.17) is 0 Å². The van der Waals surface area contributed by atoms with Gasteiger partial charge in [0, 0.05) is 19.3 Å². The summed E-state index contributed by atoms with van der Waals surface area (Å²) in [6.07, 6.45) is 2.80. The van der Waals surface area contributed by atoms with Gasteiger partial charge in [0.05, 0.1) is 5.41 Å². The van der Waals surface area contributed by atoms with Crippen LogP contribution in [0.5, 0.6) is 0 Å². The van der Waals surface area contributed by atoms with E-state index in [-0.39, 0.29) is 11.3 Å². The largest absolute Gasteiger partial charge is 0.388 e. The normalized spacial score (nSPS) is 26.9. The first-order valence-electron chi connectivity index (χ1n) is 5.81. The lowest BCUT2D eigenvalue weighted by atomic mass is 9.83. The van der Waals surface area contributed by atoms with Crippen molar-refractivity contribution in [1.29, 1.82) is 0 Å². The lowest BCUT2D eigenvalue weighted by molar-refractivity contribution is -0.127. The Morgan fingerprint density at radius 1 is 1.31 bits per heavy atom. The van der Waals surface area contributed by atoms with Gasteiger partial charge in [-0.3, -0.25) is 4.79 Å². The molecule has 84 valence electrons. The Bertz CT molecular complexity index is 455. The summed E-state index contributed by atoms with van der Waals surface area (Å²) >= 11 is 0. The fourth-order valence-corrected chi connectivity index (χ4v) is 2.96.